The van der Waals surface area contributed by atoms with Crippen LogP contribution in [0.5, 0.6) is 0 Å². The van der Waals surface area contributed by atoms with Crippen molar-refractivity contribution >= 4 is 44.8 Å². The van der Waals surface area contributed by atoms with Gasteiger partial charge in [-0.1, -0.05) is 23.2 Å². The SMILES string of the molecule is COCC(Cl)CNS(=O)(=O)c1ccc(Cl)c(F)c1Cl. The lowest BCUT2D eigenvalue weighted by atomic mass is 10.3. The first-order valence-electron chi connectivity index (χ1n) is 5.05. The predicted octanol–water partition coefficient (Wildman–Crippen LogP) is 2.66. The van der Waals surface area contributed by atoms with Crippen LogP contribution in [0.2, 0.25) is 10.0 Å². The smallest absolute Gasteiger partial charge is 0.242 e. The van der Waals surface area contributed by atoms with Crippen molar-refractivity contribution in [2.45, 2.75) is 10.3 Å². The topological polar surface area (TPSA) is 55.4 Å². The molecule has 0 amide bonds. The van der Waals surface area contributed by atoms with E-state index in [4.69, 9.17) is 39.5 Å². The molecule has 0 spiro atoms. The zero-order valence-electron chi connectivity index (χ0n) is 9.79. The standard InChI is InChI=1S/C10H11Cl3FNO3S/c1-18-5-6(11)4-15-19(16,17)8-3-2-7(12)10(14)9(8)13/h2-3,6,15H,4-5H2,1H3. The first-order valence-corrected chi connectivity index (χ1v) is 7.73. The second-order valence-electron chi connectivity index (χ2n) is 3.58. The van der Waals surface area contributed by atoms with Gasteiger partial charge in [-0.25, -0.2) is 17.5 Å². The van der Waals surface area contributed by atoms with Gasteiger partial charge in [0.15, 0.2) is 5.82 Å². The number of nitrogens with one attached hydrogen (secondary N) is 1. The molecular formula is C10H11Cl3FNO3S. The van der Waals surface area contributed by atoms with Gasteiger partial charge in [0.05, 0.1) is 22.0 Å². The van der Waals surface area contributed by atoms with Crippen LogP contribution in [-0.4, -0.2) is 34.1 Å². The van der Waals surface area contributed by atoms with E-state index in [1.54, 1.807) is 0 Å². The molecule has 1 unspecified atom stereocenters. The van der Waals surface area contributed by atoms with Crippen molar-refractivity contribution < 1.29 is 17.5 Å². The molecule has 0 aromatic heterocycles. The Kier molecular flexibility index (Phi) is 6.29. The third-order valence-corrected chi connectivity index (χ3v) is 4.65. The van der Waals surface area contributed by atoms with Crippen molar-refractivity contribution in [1.29, 1.82) is 0 Å². The second-order valence-corrected chi connectivity index (χ2v) is 6.72. The number of alkyl halides is 1. The van der Waals surface area contributed by atoms with Crippen LogP contribution in [0.25, 0.3) is 0 Å². The van der Waals surface area contributed by atoms with E-state index in [1.807, 2.05) is 0 Å². The maximum absolute atomic E-state index is 13.4. The number of rotatable bonds is 6. The average Bonchev–Trinajstić information content (AvgIpc) is 2.34. The van der Waals surface area contributed by atoms with Gasteiger partial charge in [-0.05, 0) is 12.1 Å². The van der Waals surface area contributed by atoms with E-state index >= 15 is 0 Å². The summed E-state index contributed by atoms with van der Waals surface area (Å²) in [6.45, 7) is 0.102. The minimum Gasteiger partial charge on any atom is -0.383 e. The van der Waals surface area contributed by atoms with E-state index in [2.05, 4.69) is 4.72 Å². The molecule has 0 saturated carbocycles. The van der Waals surface area contributed by atoms with Gasteiger partial charge in [-0.3, -0.25) is 0 Å². The maximum atomic E-state index is 13.4. The Balaban J connectivity index is 2.92. The molecular weight excluding hydrogens is 340 g/mol. The van der Waals surface area contributed by atoms with E-state index in [9.17, 15) is 12.8 Å². The fraction of sp³-hybridized carbons (Fsp3) is 0.400. The molecule has 0 aliphatic rings. The summed E-state index contributed by atoms with van der Waals surface area (Å²) in [5, 5.41) is -1.35. The highest BCUT2D eigenvalue weighted by molar-refractivity contribution is 7.89. The van der Waals surface area contributed by atoms with Gasteiger partial charge in [0.1, 0.15) is 4.90 Å². The monoisotopic (exact) mass is 349 g/mol. The molecule has 9 heteroatoms. The minimum atomic E-state index is -3.96. The van der Waals surface area contributed by atoms with E-state index in [0.717, 1.165) is 12.1 Å². The minimum absolute atomic E-state index is 0.0711. The van der Waals surface area contributed by atoms with Crippen molar-refractivity contribution in [3.05, 3.63) is 28.0 Å². The fourth-order valence-corrected chi connectivity index (χ4v) is 3.35. The quantitative estimate of drug-likeness (QED) is 0.634. The van der Waals surface area contributed by atoms with Crippen LogP contribution >= 0.6 is 34.8 Å². The van der Waals surface area contributed by atoms with Gasteiger partial charge >= 0.3 is 0 Å². The Labute approximate surface area is 125 Å². The van der Waals surface area contributed by atoms with Crippen molar-refractivity contribution in [2.24, 2.45) is 0 Å². The molecule has 108 valence electrons. The average molecular weight is 351 g/mol. The Hall–Kier alpha value is -0.110. The molecule has 1 aromatic carbocycles. The molecule has 0 radical (unpaired) electrons. The molecule has 1 aromatic rings. The summed E-state index contributed by atoms with van der Waals surface area (Å²) < 4.78 is 44.3. The predicted molar refractivity (Wildman–Crippen MR) is 73.1 cm³/mol. The summed E-state index contributed by atoms with van der Waals surface area (Å²) >= 11 is 16.9. The van der Waals surface area contributed by atoms with Gasteiger partial charge in [0.2, 0.25) is 10.0 Å². The molecule has 19 heavy (non-hydrogen) atoms. The zero-order valence-corrected chi connectivity index (χ0v) is 12.9. The highest BCUT2D eigenvalue weighted by atomic mass is 35.5. The third kappa shape index (κ3) is 4.44. The Bertz CT molecular complexity index is 553. The second kappa shape index (κ2) is 7.06. The summed E-state index contributed by atoms with van der Waals surface area (Å²) in [5.41, 5.74) is 0. The molecule has 1 rings (SSSR count). The van der Waals surface area contributed by atoms with Gasteiger partial charge in [-0.15, -0.1) is 11.6 Å². The summed E-state index contributed by atoms with van der Waals surface area (Å²) in [5.74, 6) is -0.981. The van der Waals surface area contributed by atoms with Gasteiger partial charge < -0.3 is 4.74 Å². The summed E-state index contributed by atoms with van der Waals surface area (Å²) in [6, 6.07) is 2.24. The number of hydrogen-bond donors (Lipinski definition) is 1. The van der Waals surface area contributed by atoms with Gasteiger partial charge in [-0.2, -0.15) is 0 Å². The number of sulfonamides is 1. The molecule has 0 bridgehead atoms. The van der Waals surface area contributed by atoms with E-state index in [-0.39, 0.29) is 18.2 Å². The molecule has 1 N–H and O–H groups in total. The molecule has 0 saturated heterocycles. The van der Waals surface area contributed by atoms with Crippen molar-refractivity contribution in [3.63, 3.8) is 0 Å². The summed E-state index contributed by atoms with van der Waals surface area (Å²) in [7, 11) is -2.52. The number of methoxy groups -OCH3 is 1. The molecule has 0 aliphatic heterocycles. The lowest BCUT2D eigenvalue weighted by molar-refractivity contribution is 0.198. The Morgan fingerprint density at radius 1 is 1.42 bits per heavy atom. The van der Waals surface area contributed by atoms with E-state index in [1.165, 1.54) is 7.11 Å². The lowest BCUT2D eigenvalue weighted by Gasteiger charge is -2.12. The summed E-state index contributed by atoms with van der Waals surface area (Å²) in [6.07, 6.45) is 0. The van der Waals surface area contributed by atoms with Crippen LogP contribution in [-0.2, 0) is 14.8 Å². The first kappa shape index (κ1) is 16.9. The van der Waals surface area contributed by atoms with E-state index < -0.39 is 31.1 Å². The number of benzene rings is 1. The van der Waals surface area contributed by atoms with Gasteiger partial charge in [0.25, 0.3) is 0 Å². The van der Waals surface area contributed by atoms with Gasteiger partial charge in [0, 0.05) is 13.7 Å². The third-order valence-electron chi connectivity index (χ3n) is 2.13. The van der Waals surface area contributed by atoms with Crippen LogP contribution in [0.3, 0.4) is 0 Å². The zero-order chi connectivity index (χ0) is 14.6. The Morgan fingerprint density at radius 3 is 2.63 bits per heavy atom. The normalized spacial score (nSPS) is 13.5. The Morgan fingerprint density at radius 2 is 2.05 bits per heavy atom. The van der Waals surface area contributed by atoms with Crippen LogP contribution in [0.4, 0.5) is 4.39 Å². The first-order chi connectivity index (χ1) is 8.79. The molecule has 4 nitrogen and oxygen atoms in total. The van der Waals surface area contributed by atoms with Crippen LogP contribution in [0.15, 0.2) is 17.0 Å². The lowest BCUT2D eigenvalue weighted by Crippen LogP contribution is -2.32. The highest BCUT2D eigenvalue weighted by Crippen LogP contribution is 2.29. The number of hydrogen-bond acceptors (Lipinski definition) is 3. The largest absolute Gasteiger partial charge is 0.383 e. The molecule has 1 atom stereocenters. The fourth-order valence-electron chi connectivity index (χ4n) is 1.23. The maximum Gasteiger partial charge on any atom is 0.242 e. The van der Waals surface area contributed by atoms with Crippen molar-refractivity contribution in [3.8, 4) is 0 Å². The molecule has 0 aliphatic carbocycles. The van der Waals surface area contributed by atoms with Crippen LogP contribution in [0, 0.1) is 5.82 Å². The molecule has 0 heterocycles. The number of halogens is 4. The van der Waals surface area contributed by atoms with Crippen molar-refractivity contribution in [1.82, 2.24) is 4.72 Å². The molecule has 0 fully saturated rings. The number of ether oxygens (including phenoxy) is 1. The summed E-state index contributed by atoms with van der Waals surface area (Å²) in [4.78, 5) is -0.391. The van der Waals surface area contributed by atoms with Crippen LogP contribution < -0.4 is 4.72 Å². The van der Waals surface area contributed by atoms with Crippen LogP contribution in [0.1, 0.15) is 0 Å². The van der Waals surface area contributed by atoms with Crippen molar-refractivity contribution in [2.75, 3.05) is 20.3 Å². The highest BCUT2D eigenvalue weighted by Gasteiger charge is 2.22. The van der Waals surface area contributed by atoms with E-state index in [0.29, 0.717) is 0 Å².